The fraction of sp³-hybridized carbons (Fsp3) is 0.286. The third-order valence-electron chi connectivity index (χ3n) is 5.06. The number of thiazole rings is 1. The number of aliphatic carboxylic acids is 1. The molecule has 160 valence electrons. The number of halogens is 2. The fourth-order valence-electron chi connectivity index (χ4n) is 3.55. The Morgan fingerprint density at radius 1 is 1.52 bits per heavy atom. The third kappa shape index (κ3) is 4.48. The molecule has 2 atom stereocenters. The van der Waals surface area contributed by atoms with Crippen LogP contribution < -0.4 is 5.32 Å². The van der Waals surface area contributed by atoms with Crippen LogP contribution in [0, 0.1) is 18.2 Å². The molecule has 2 N–H and O–H groups in total. The van der Waals surface area contributed by atoms with Crippen LogP contribution in [-0.2, 0) is 9.53 Å². The van der Waals surface area contributed by atoms with E-state index in [1.807, 2.05) is 5.38 Å². The number of ether oxygens (including phenoxy) is 1. The first-order chi connectivity index (χ1) is 15.0. The highest BCUT2D eigenvalue weighted by atomic mass is 35.5. The van der Waals surface area contributed by atoms with E-state index in [9.17, 15) is 14.3 Å². The number of nitrogens with one attached hydrogen (secondary N) is 1. The van der Waals surface area contributed by atoms with E-state index in [-0.39, 0.29) is 18.2 Å². The van der Waals surface area contributed by atoms with Crippen molar-refractivity contribution in [2.24, 2.45) is 4.99 Å². The number of aromatic nitrogens is 1. The molecule has 0 amide bonds. The largest absolute Gasteiger partial charge is 0.480 e. The highest BCUT2D eigenvalue weighted by Gasteiger charge is 2.33. The van der Waals surface area contributed by atoms with Gasteiger partial charge in [-0.05, 0) is 12.1 Å². The van der Waals surface area contributed by atoms with Crippen molar-refractivity contribution in [1.82, 2.24) is 15.2 Å². The summed E-state index contributed by atoms with van der Waals surface area (Å²) in [6.07, 6.45) is 7.52. The van der Waals surface area contributed by atoms with Gasteiger partial charge in [-0.2, -0.15) is 0 Å². The van der Waals surface area contributed by atoms with Crippen LogP contribution in [0.2, 0.25) is 5.02 Å². The minimum atomic E-state index is -0.967. The summed E-state index contributed by atoms with van der Waals surface area (Å²) in [6, 6.07) is 2.63. The minimum absolute atomic E-state index is 0.0919. The van der Waals surface area contributed by atoms with Crippen molar-refractivity contribution in [3.63, 3.8) is 0 Å². The SMILES string of the molecule is C#CC1=C(CN2CCOC[C@H]2C(=O)O)NC(c2nccs2)=NC1c1ccc(F)cc1Cl. The predicted octanol–water partition coefficient (Wildman–Crippen LogP) is 2.70. The quantitative estimate of drug-likeness (QED) is 0.667. The van der Waals surface area contributed by atoms with Gasteiger partial charge < -0.3 is 15.2 Å². The van der Waals surface area contributed by atoms with Gasteiger partial charge in [-0.25, -0.2) is 9.37 Å². The second kappa shape index (κ2) is 9.16. The Balaban J connectivity index is 1.77. The fourth-order valence-corrected chi connectivity index (χ4v) is 4.41. The monoisotopic (exact) mass is 460 g/mol. The molecule has 2 aliphatic heterocycles. The molecule has 1 saturated heterocycles. The summed E-state index contributed by atoms with van der Waals surface area (Å²) in [5.41, 5.74) is 1.69. The lowest BCUT2D eigenvalue weighted by molar-refractivity contribution is -0.149. The van der Waals surface area contributed by atoms with Crippen LogP contribution in [0.4, 0.5) is 4.39 Å². The van der Waals surface area contributed by atoms with Gasteiger partial charge in [0.1, 0.15) is 17.9 Å². The van der Waals surface area contributed by atoms with E-state index in [1.165, 1.54) is 23.5 Å². The van der Waals surface area contributed by atoms with Crippen LogP contribution >= 0.6 is 22.9 Å². The number of aliphatic imine (C=N–C) groups is 1. The number of carboxylic acids is 1. The van der Waals surface area contributed by atoms with Gasteiger partial charge in [0.25, 0.3) is 0 Å². The molecule has 7 nitrogen and oxygen atoms in total. The van der Waals surface area contributed by atoms with Crippen LogP contribution in [0.3, 0.4) is 0 Å². The number of nitrogens with zero attached hydrogens (tertiary/aromatic N) is 3. The molecule has 1 fully saturated rings. The Morgan fingerprint density at radius 2 is 2.35 bits per heavy atom. The number of rotatable bonds is 5. The third-order valence-corrected chi connectivity index (χ3v) is 6.17. The Bertz CT molecular complexity index is 1100. The van der Waals surface area contributed by atoms with E-state index in [1.54, 1.807) is 17.2 Å². The number of terminal acetylenes is 1. The van der Waals surface area contributed by atoms with Crippen molar-refractivity contribution in [3.05, 3.63) is 62.5 Å². The summed E-state index contributed by atoms with van der Waals surface area (Å²) in [7, 11) is 0. The van der Waals surface area contributed by atoms with Crippen molar-refractivity contribution in [2.45, 2.75) is 12.1 Å². The van der Waals surface area contributed by atoms with Crippen molar-refractivity contribution in [3.8, 4) is 12.3 Å². The molecular weight excluding hydrogens is 443 g/mol. The predicted molar refractivity (Wildman–Crippen MR) is 116 cm³/mol. The molecule has 10 heteroatoms. The van der Waals surface area contributed by atoms with Crippen LogP contribution in [-0.4, -0.2) is 59.1 Å². The average molecular weight is 461 g/mol. The molecule has 1 unspecified atom stereocenters. The summed E-state index contributed by atoms with van der Waals surface area (Å²) < 4.78 is 19.0. The first-order valence-corrected chi connectivity index (χ1v) is 10.7. The Morgan fingerprint density at radius 3 is 3.03 bits per heavy atom. The lowest BCUT2D eigenvalue weighted by atomic mass is 9.95. The van der Waals surface area contributed by atoms with Gasteiger partial charge in [0.2, 0.25) is 0 Å². The van der Waals surface area contributed by atoms with E-state index >= 15 is 0 Å². The first kappa shape index (κ1) is 21.5. The summed E-state index contributed by atoms with van der Waals surface area (Å²) >= 11 is 7.72. The summed E-state index contributed by atoms with van der Waals surface area (Å²) in [5, 5.41) is 15.5. The van der Waals surface area contributed by atoms with Crippen LogP contribution in [0.5, 0.6) is 0 Å². The smallest absolute Gasteiger partial charge is 0.323 e. The molecule has 0 saturated carbocycles. The minimum Gasteiger partial charge on any atom is -0.480 e. The zero-order valence-electron chi connectivity index (χ0n) is 16.2. The van der Waals surface area contributed by atoms with Crippen LogP contribution in [0.15, 0.2) is 46.0 Å². The molecule has 0 aliphatic carbocycles. The number of morpholine rings is 1. The molecule has 3 heterocycles. The molecule has 1 aromatic carbocycles. The molecule has 0 radical (unpaired) electrons. The zero-order chi connectivity index (χ0) is 22.0. The molecule has 4 rings (SSSR count). The number of benzene rings is 1. The normalized spacial score (nSPS) is 21.9. The Labute approximate surface area is 187 Å². The lowest BCUT2D eigenvalue weighted by Crippen LogP contribution is -2.52. The molecule has 2 aliphatic rings. The molecule has 31 heavy (non-hydrogen) atoms. The Kier molecular flexibility index (Phi) is 6.34. The van der Waals surface area contributed by atoms with E-state index in [2.05, 4.69) is 16.2 Å². The maximum atomic E-state index is 13.6. The van der Waals surface area contributed by atoms with Crippen molar-refractivity contribution in [2.75, 3.05) is 26.3 Å². The van der Waals surface area contributed by atoms with Gasteiger partial charge in [0.15, 0.2) is 10.8 Å². The molecule has 2 aromatic rings. The molecule has 1 aromatic heterocycles. The van der Waals surface area contributed by atoms with Crippen LogP contribution in [0.1, 0.15) is 16.6 Å². The van der Waals surface area contributed by atoms with Crippen molar-refractivity contribution >= 4 is 34.7 Å². The van der Waals surface area contributed by atoms with Crippen molar-refractivity contribution in [1.29, 1.82) is 0 Å². The number of carbonyl (C=O) groups is 1. The first-order valence-electron chi connectivity index (χ1n) is 9.42. The number of amidine groups is 1. The van der Waals surface area contributed by atoms with Gasteiger partial charge in [-0.3, -0.25) is 14.7 Å². The van der Waals surface area contributed by atoms with Gasteiger partial charge >= 0.3 is 5.97 Å². The molecule has 0 bridgehead atoms. The number of carboxylic acid groups (broad SMARTS) is 1. The standard InChI is InChI=1S/C21H18ClFN4O3S/c1-2-13-16(10-27-6-7-30-11-17(27)21(28)29)25-19(20-24-5-8-31-20)26-18(13)14-4-3-12(23)9-15(14)22/h1,3-5,8-9,17-18H,6-7,10-11H2,(H,25,26)(H,28,29)/t17-,18?/m0/s1. The van der Waals surface area contributed by atoms with Gasteiger partial charge in [-0.15, -0.1) is 17.8 Å². The second-order valence-corrected chi connectivity index (χ2v) is 8.25. The summed E-state index contributed by atoms with van der Waals surface area (Å²) in [5.74, 6) is 1.74. The highest BCUT2D eigenvalue weighted by molar-refractivity contribution is 7.11. The topological polar surface area (TPSA) is 87.0 Å². The van der Waals surface area contributed by atoms with E-state index in [0.717, 1.165) is 0 Å². The summed E-state index contributed by atoms with van der Waals surface area (Å²) in [6.45, 7) is 1.20. The Hall–Kier alpha value is -2.77. The zero-order valence-corrected chi connectivity index (χ0v) is 17.8. The maximum absolute atomic E-state index is 13.6. The van der Waals surface area contributed by atoms with Gasteiger partial charge in [-0.1, -0.05) is 23.6 Å². The lowest BCUT2D eigenvalue weighted by Gasteiger charge is -2.35. The second-order valence-electron chi connectivity index (χ2n) is 6.94. The highest BCUT2D eigenvalue weighted by Crippen LogP contribution is 2.36. The average Bonchev–Trinajstić information content (AvgIpc) is 3.28. The maximum Gasteiger partial charge on any atom is 0.323 e. The molecular formula is C21H18ClFN4O3S. The van der Waals surface area contributed by atoms with Crippen LogP contribution in [0.25, 0.3) is 0 Å². The van der Waals surface area contributed by atoms with E-state index in [0.29, 0.717) is 40.8 Å². The van der Waals surface area contributed by atoms with E-state index in [4.69, 9.17) is 27.8 Å². The van der Waals surface area contributed by atoms with Gasteiger partial charge in [0.05, 0.1) is 18.8 Å². The van der Waals surface area contributed by atoms with Crippen molar-refractivity contribution < 1.29 is 19.0 Å². The summed E-state index contributed by atoms with van der Waals surface area (Å²) in [4.78, 5) is 22.5. The number of hydrogen-bond acceptors (Lipinski definition) is 7. The van der Waals surface area contributed by atoms with Gasteiger partial charge in [0, 0.05) is 40.9 Å². The molecule has 0 spiro atoms. The number of hydrogen-bond donors (Lipinski definition) is 2. The van der Waals surface area contributed by atoms with E-state index < -0.39 is 23.9 Å².